The standard InChI is InChI=1S/C20H26N2O5S/c1-5-19(20(23)21-15-8-7-9-18(14-15)26-3)22(28(4,24)25)16-10-12-17(13-11-16)27-6-2/h7-14,19H,5-6H2,1-4H3,(H,21,23)/t19-/m1/s1. The van der Waals surface area contributed by atoms with Crippen molar-refractivity contribution in [1.29, 1.82) is 0 Å². The molecular formula is C20H26N2O5S. The molecule has 0 fully saturated rings. The number of sulfonamides is 1. The van der Waals surface area contributed by atoms with Crippen LogP contribution in [0.25, 0.3) is 0 Å². The van der Waals surface area contributed by atoms with E-state index in [1.54, 1.807) is 55.5 Å². The Bertz CT molecular complexity index is 897. The van der Waals surface area contributed by atoms with Crippen LogP contribution in [0.15, 0.2) is 48.5 Å². The molecule has 152 valence electrons. The number of carbonyl (C=O) groups excluding carboxylic acids is 1. The van der Waals surface area contributed by atoms with Crippen LogP contribution in [0.3, 0.4) is 0 Å². The molecule has 0 aromatic heterocycles. The zero-order valence-corrected chi connectivity index (χ0v) is 17.3. The van der Waals surface area contributed by atoms with Gasteiger partial charge in [-0.1, -0.05) is 13.0 Å². The van der Waals surface area contributed by atoms with Gasteiger partial charge in [0.25, 0.3) is 0 Å². The lowest BCUT2D eigenvalue weighted by Gasteiger charge is -2.30. The fourth-order valence-electron chi connectivity index (χ4n) is 2.84. The number of amides is 1. The molecule has 0 aliphatic carbocycles. The number of methoxy groups -OCH3 is 1. The second kappa shape index (κ2) is 9.45. The number of hydrogen-bond acceptors (Lipinski definition) is 5. The molecule has 0 bridgehead atoms. The average Bonchev–Trinajstić information content (AvgIpc) is 2.66. The van der Waals surface area contributed by atoms with Crippen LogP contribution in [-0.2, 0) is 14.8 Å². The Labute approximate surface area is 166 Å². The first-order valence-corrected chi connectivity index (χ1v) is 10.8. The first kappa shape index (κ1) is 21.6. The van der Waals surface area contributed by atoms with Crippen molar-refractivity contribution in [3.8, 4) is 11.5 Å². The summed E-state index contributed by atoms with van der Waals surface area (Å²) in [7, 11) is -2.16. The Morgan fingerprint density at radius 3 is 2.32 bits per heavy atom. The molecule has 0 saturated heterocycles. The molecule has 2 aromatic rings. The summed E-state index contributed by atoms with van der Waals surface area (Å²) in [5.74, 6) is 0.806. The van der Waals surface area contributed by atoms with Crippen molar-refractivity contribution in [2.24, 2.45) is 0 Å². The van der Waals surface area contributed by atoms with E-state index in [0.29, 0.717) is 35.9 Å². The van der Waals surface area contributed by atoms with E-state index in [4.69, 9.17) is 9.47 Å². The van der Waals surface area contributed by atoms with Crippen molar-refractivity contribution in [3.05, 3.63) is 48.5 Å². The second-order valence-electron chi connectivity index (χ2n) is 6.13. The molecule has 0 spiro atoms. The summed E-state index contributed by atoms with van der Waals surface area (Å²) in [6, 6.07) is 12.6. The molecular weight excluding hydrogens is 380 g/mol. The molecule has 28 heavy (non-hydrogen) atoms. The van der Waals surface area contributed by atoms with Gasteiger partial charge in [0, 0.05) is 11.8 Å². The third-order valence-electron chi connectivity index (χ3n) is 4.07. The lowest BCUT2D eigenvalue weighted by molar-refractivity contribution is -0.117. The Morgan fingerprint density at radius 1 is 1.11 bits per heavy atom. The molecule has 0 heterocycles. The Hall–Kier alpha value is -2.74. The summed E-state index contributed by atoms with van der Waals surface area (Å²) in [6.45, 7) is 4.14. The van der Waals surface area contributed by atoms with Crippen LogP contribution in [0, 0.1) is 0 Å². The van der Waals surface area contributed by atoms with E-state index in [0.717, 1.165) is 10.6 Å². The summed E-state index contributed by atoms with van der Waals surface area (Å²) in [4.78, 5) is 12.9. The maximum atomic E-state index is 12.9. The largest absolute Gasteiger partial charge is 0.497 e. The molecule has 1 N–H and O–H groups in total. The molecule has 0 unspecified atom stereocenters. The number of benzene rings is 2. The van der Waals surface area contributed by atoms with Crippen LogP contribution in [0.2, 0.25) is 0 Å². The summed E-state index contributed by atoms with van der Waals surface area (Å²) in [5.41, 5.74) is 0.932. The van der Waals surface area contributed by atoms with Crippen LogP contribution in [0.5, 0.6) is 11.5 Å². The van der Waals surface area contributed by atoms with Crippen molar-refractivity contribution in [2.45, 2.75) is 26.3 Å². The topological polar surface area (TPSA) is 84.9 Å². The van der Waals surface area contributed by atoms with Crippen LogP contribution in [-0.4, -0.2) is 40.3 Å². The number of carbonyl (C=O) groups is 1. The lowest BCUT2D eigenvalue weighted by atomic mass is 10.1. The number of ether oxygens (including phenoxy) is 2. The Morgan fingerprint density at radius 2 is 1.79 bits per heavy atom. The highest BCUT2D eigenvalue weighted by atomic mass is 32.2. The second-order valence-corrected chi connectivity index (χ2v) is 7.99. The number of anilines is 2. The van der Waals surface area contributed by atoms with E-state index in [1.807, 2.05) is 6.92 Å². The van der Waals surface area contributed by atoms with Gasteiger partial charge in [-0.3, -0.25) is 9.10 Å². The lowest BCUT2D eigenvalue weighted by Crippen LogP contribution is -2.47. The van der Waals surface area contributed by atoms with Gasteiger partial charge in [0.05, 0.1) is 25.7 Å². The van der Waals surface area contributed by atoms with Crippen molar-refractivity contribution in [3.63, 3.8) is 0 Å². The summed E-state index contributed by atoms with van der Waals surface area (Å²) in [5, 5.41) is 2.77. The highest BCUT2D eigenvalue weighted by Crippen LogP contribution is 2.26. The van der Waals surface area contributed by atoms with Gasteiger partial charge in [-0.2, -0.15) is 0 Å². The van der Waals surface area contributed by atoms with Gasteiger partial charge in [0.15, 0.2) is 0 Å². The van der Waals surface area contributed by atoms with Crippen LogP contribution in [0.1, 0.15) is 20.3 Å². The molecule has 0 aliphatic heterocycles. The molecule has 2 aromatic carbocycles. The average molecular weight is 407 g/mol. The van der Waals surface area contributed by atoms with E-state index < -0.39 is 22.0 Å². The van der Waals surface area contributed by atoms with Crippen molar-refractivity contribution < 1.29 is 22.7 Å². The summed E-state index contributed by atoms with van der Waals surface area (Å²) >= 11 is 0. The maximum Gasteiger partial charge on any atom is 0.248 e. The third-order valence-corrected chi connectivity index (χ3v) is 5.25. The van der Waals surface area contributed by atoms with E-state index in [2.05, 4.69) is 5.32 Å². The van der Waals surface area contributed by atoms with Gasteiger partial charge in [-0.05, 0) is 49.7 Å². The normalized spacial score (nSPS) is 12.1. The van der Waals surface area contributed by atoms with Gasteiger partial charge in [0.1, 0.15) is 17.5 Å². The van der Waals surface area contributed by atoms with Gasteiger partial charge < -0.3 is 14.8 Å². The highest BCUT2D eigenvalue weighted by Gasteiger charge is 2.31. The molecule has 2 rings (SSSR count). The Balaban J connectivity index is 2.32. The molecule has 0 radical (unpaired) electrons. The van der Waals surface area contributed by atoms with E-state index in [9.17, 15) is 13.2 Å². The number of nitrogens with one attached hydrogen (secondary N) is 1. The van der Waals surface area contributed by atoms with E-state index in [1.165, 1.54) is 7.11 Å². The predicted molar refractivity (Wildman–Crippen MR) is 111 cm³/mol. The molecule has 8 heteroatoms. The first-order chi connectivity index (χ1) is 13.3. The number of hydrogen-bond donors (Lipinski definition) is 1. The smallest absolute Gasteiger partial charge is 0.248 e. The maximum absolute atomic E-state index is 12.9. The van der Waals surface area contributed by atoms with E-state index >= 15 is 0 Å². The first-order valence-electron chi connectivity index (χ1n) is 8.97. The van der Waals surface area contributed by atoms with Gasteiger partial charge in [-0.15, -0.1) is 0 Å². The van der Waals surface area contributed by atoms with Crippen molar-refractivity contribution >= 4 is 27.3 Å². The summed E-state index contributed by atoms with van der Waals surface area (Å²) in [6.07, 6.45) is 1.39. The minimum atomic E-state index is -3.70. The zero-order valence-electron chi connectivity index (χ0n) is 16.5. The van der Waals surface area contributed by atoms with Gasteiger partial charge in [-0.25, -0.2) is 8.42 Å². The quantitative estimate of drug-likeness (QED) is 0.691. The molecule has 1 amide bonds. The van der Waals surface area contributed by atoms with Crippen LogP contribution >= 0.6 is 0 Å². The minimum absolute atomic E-state index is 0.302. The van der Waals surface area contributed by atoms with Crippen molar-refractivity contribution in [1.82, 2.24) is 0 Å². The third kappa shape index (κ3) is 5.39. The van der Waals surface area contributed by atoms with Crippen molar-refractivity contribution in [2.75, 3.05) is 29.6 Å². The SMILES string of the molecule is CCOc1ccc(N([C@H](CC)C(=O)Nc2cccc(OC)c2)S(C)(=O)=O)cc1. The highest BCUT2D eigenvalue weighted by molar-refractivity contribution is 7.92. The Kier molecular flexibility index (Phi) is 7.28. The summed E-state index contributed by atoms with van der Waals surface area (Å²) < 4.78 is 36.7. The molecule has 0 aliphatic rings. The molecule has 1 atom stereocenters. The predicted octanol–water partition coefficient (Wildman–Crippen LogP) is 3.28. The minimum Gasteiger partial charge on any atom is -0.497 e. The fraction of sp³-hybridized carbons (Fsp3) is 0.350. The van der Waals surface area contributed by atoms with Crippen LogP contribution in [0.4, 0.5) is 11.4 Å². The fourth-order valence-corrected chi connectivity index (χ4v) is 4.05. The zero-order chi connectivity index (χ0) is 20.7. The molecule has 0 saturated carbocycles. The van der Waals surface area contributed by atoms with Crippen LogP contribution < -0.4 is 19.1 Å². The van der Waals surface area contributed by atoms with Gasteiger partial charge >= 0.3 is 0 Å². The van der Waals surface area contributed by atoms with Gasteiger partial charge in [0.2, 0.25) is 15.9 Å². The monoisotopic (exact) mass is 406 g/mol. The molecule has 7 nitrogen and oxygen atoms in total. The number of rotatable bonds is 9. The van der Waals surface area contributed by atoms with E-state index in [-0.39, 0.29) is 0 Å². The number of nitrogens with zero attached hydrogens (tertiary/aromatic N) is 1.